The summed E-state index contributed by atoms with van der Waals surface area (Å²) in [6.07, 6.45) is 6.57. The first-order valence-corrected chi connectivity index (χ1v) is 14.3. The van der Waals surface area contributed by atoms with Crippen LogP contribution >= 0.6 is 0 Å². The largest absolute Gasteiger partial charge is 0.480 e. The highest BCUT2D eigenvalue weighted by Gasteiger charge is 2.56. The number of nitrogens with zero attached hydrogens (tertiary/aromatic N) is 3. The lowest BCUT2D eigenvalue weighted by atomic mass is 9.78. The quantitative estimate of drug-likeness (QED) is 0.251. The van der Waals surface area contributed by atoms with Crippen molar-refractivity contribution in [3.05, 3.63) is 35.9 Å². The van der Waals surface area contributed by atoms with Crippen molar-refractivity contribution in [2.75, 3.05) is 39.3 Å². The van der Waals surface area contributed by atoms with Gasteiger partial charge in [0.25, 0.3) is 0 Å². The van der Waals surface area contributed by atoms with E-state index in [4.69, 9.17) is 0 Å². The number of hydrogen-bond donors (Lipinski definition) is 2. The molecule has 3 aliphatic heterocycles. The minimum Gasteiger partial charge on any atom is -0.480 e. The highest BCUT2D eigenvalue weighted by atomic mass is 16.4. The number of unbranched alkanes of at least 4 members (excludes halogenated alkanes) is 3. The number of ketones is 1. The van der Waals surface area contributed by atoms with Gasteiger partial charge >= 0.3 is 12.0 Å². The van der Waals surface area contributed by atoms with Gasteiger partial charge in [-0.1, -0.05) is 43.2 Å². The van der Waals surface area contributed by atoms with Crippen LogP contribution in [0.4, 0.5) is 4.79 Å². The summed E-state index contributed by atoms with van der Waals surface area (Å²) in [6, 6.07) is 7.59. The minimum atomic E-state index is -1.14. The number of carbonyl (C=O) groups excluding carboxylic acids is 4. The second-order valence-electron chi connectivity index (χ2n) is 10.9. The number of aliphatic carboxylic acids is 1. The van der Waals surface area contributed by atoms with E-state index in [0.29, 0.717) is 38.3 Å². The van der Waals surface area contributed by atoms with Crippen LogP contribution < -0.4 is 5.32 Å². The second kappa shape index (κ2) is 13.7. The van der Waals surface area contributed by atoms with E-state index in [1.54, 1.807) is 4.90 Å². The van der Waals surface area contributed by atoms with Crippen molar-refractivity contribution in [3.8, 4) is 0 Å². The Hall–Kier alpha value is -3.27. The summed E-state index contributed by atoms with van der Waals surface area (Å²) in [6.45, 7) is 3.03. The molecule has 2 N–H and O–H groups in total. The molecule has 1 aromatic carbocycles. The van der Waals surface area contributed by atoms with E-state index in [1.807, 2.05) is 30.3 Å². The SMILES string of the molecule is O=C(CCCCCCC(=O)N1CCN(C(=O)N2C(=O)[C@H](CC3CCNCC3)[C@H]2C(=O)O)CC1)c1ccccc1. The van der Waals surface area contributed by atoms with E-state index in [9.17, 15) is 29.1 Å². The Morgan fingerprint density at radius 1 is 0.846 bits per heavy atom. The molecule has 0 spiro atoms. The van der Waals surface area contributed by atoms with E-state index < -0.39 is 29.9 Å². The molecule has 0 radical (unpaired) electrons. The molecule has 0 aliphatic carbocycles. The average molecular weight is 541 g/mol. The van der Waals surface area contributed by atoms with Crippen LogP contribution in [-0.4, -0.2) is 94.7 Å². The zero-order valence-corrected chi connectivity index (χ0v) is 22.6. The molecule has 4 rings (SSSR count). The third-order valence-corrected chi connectivity index (χ3v) is 8.26. The lowest BCUT2D eigenvalue weighted by molar-refractivity contribution is -0.167. The van der Waals surface area contributed by atoms with Crippen LogP contribution in [0.3, 0.4) is 0 Å². The van der Waals surface area contributed by atoms with Gasteiger partial charge in [-0.3, -0.25) is 14.4 Å². The number of hydrogen-bond acceptors (Lipinski definition) is 6. The number of Topliss-reactive ketones (excluding diaryl/α,β-unsaturated/α-hetero) is 1. The number of β-lactam (4-membered cyclic amide) rings is 1. The van der Waals surface area contributed by atoms with Crippen LogP contribution in [0.1, 0.15) is 68.1 Å². The van der Waals surface area contributed by atoms with Crippen LogP contribution in [0.25, 0.3) is 0 Å². The molecule has 2 atom stereocenters. The molecule has 0 saturated carbocycles. The molecule has 10 heteroatoms. The third-order valence-electron chi connectivity index (χ3n) is 8.26. The number of amides is 4. The van der Waals surface area contributed by atoms with Crippen molar-refractivity contribution in [1.82, 2.24) is 20.0 Å². The number of urea groups is 1. The van der Waals surface area contributed by atoms with Gasteiger partial charge in [0.05, 0.1) is 5.92 Å². The summed E-state index contributed by atoms with van der Waals surface area (Å²) >= 11 is 0. The Kier molecular flexibility index (Phi) is 10.1. The van der Waals surface area contributed by atoms with E-state index in [2.05, 4.69) is 5.32 Å². The number of piperazine rings is 1. The summed E-state index contributed by atoms with van der Waals surface area (Å²) in [5.74, 6) is -1.70. The Morgan fingerprint density at radius 3 is 2.10 bits per heavy atom. The van der Waals surface area contributed by atoms with Gasteiger partial charge < -0.3 is 20.2 Å². The normalized spacial score (nSPS) is 21.9. The van der Waals surface area contributed by atoms with Crippen molar-refractivity contribution >= 4 is 29.6 Å². The lowest BCUT2D eigenvalue weighted by Crippen LogP contribution is -2.69. The molecular weight excluding hydrogens is 500 g/mol. The summed E-state index contributed by atoms with van der Waals surface area (Å²) in [5, 5.41) is 13.0. The van der Waals surface area contributed by atoms with E-state index in [0.717, 1.165) is 62.1 Å². The molecule has 3 aliphatic rings. The first kappa shape index (κ1) is 28.7. The summed E-state index contributed by atoms with van der Waals surface area (Å²) in [5.41, 5.74) is 0.735. The van der Waals surface area contributed by atoms with Crippen molar-refractivity contribution in [2.24, 2.45) is 11.8 Å². The minimum absolute atomic E-state index is 0.0351. The highest BCUT2D eigenvalue weighted by molar-refractivity contribution is 6.07. The second-order valence-corrected chi connectivity index (χ2v) is 10.9. The maximum absolute atomic E-state index is 13.1. The Balaban J connectivity index is 1.14. The average Bonchev–Trinajstić information content (AvgIpc) is 2.96. The zero-order chi connectivity index (χ0) is 27.8. The molecule has 0 aromatic heterocycles. The van der Waals surface area contributed by atoms with Gasteiger partial charge in [0.1, 0.15) is 0 Å². The molecule has 3 saturated heterocycles. The Bertz CT molecular complexity index is 1030. The van der Waals surface area contributed by atoms with Gasteiger partial charge in [0.15, 0.2) is 11.8 Å². The molecule has 0 unspecified atom stereocenters. The Labute approximate surface area is 229 Å². The topological polar surface area (TPSA) is 127 Å². The molecule has 10 nitrogen and oxygen atoms in total. The van der Waals surface area contributed by atoms with Crippen molar-refractivity contribution < 1.29 is 29.1 Å². The molecule has 3 heterocycles. The van der Waals surface area contributed by atoms with Crippen molar-refractivity contribution in [3.63, 3.8) is 0 Å². The van der Waals surface area contributed by atoms with E-state index >= 15 is 0 Å². The van der Waals surface area contributed by atoms with Crippen LogP contribution in [0, 0.1) is 11.8 Å². The number of piperidine rings is 1. The van der Waals surface area contributed by atoms with Gasteiger partial charge in [-0.15, -0.1) is 0 Å². The number of rotatable bonds is 11. The number of nitrogens with one attached hydrogen (secondary N) is 1. The number of benzene rings is 1. The number of likely N-dealkylation sites (tertiary alicyclic amines) is 1. The summed E-state index contributed by atoms with van der Waals surface area (Å²) in [7, 11) is 0. The fourth-order valence-corrected chi connectivity index (χ4v) is 5.89. The standard InChI is InChI=1S/C29H40N4O6/c34-24(22-8-4-3-5-9-22)10-6-1-2-7-11-25(35)31-16-18-32(19-17-31)29(39)33-26(28(37)38)23(27(33)36)20-21-12-14-30-15-13-21/h3-5,8-9,21,23,26,30H,1-2,6-7,10-20H2,(H,37,38)/t23-,26+/m1/s1. The van der Waals surface area contributed by atoms with E-state index in [-0.39, 0.29) is 24.8 Å². The predicted octanol–water partition coefficient (Wildman–Crippen LogP) is 2.78. The van der Waals surface area contributed by atoms with Crippen LogP contribution in [0.5, 0.6) is 0 Å². The van der Waals surface area contributed by atoms with Crippen LogP contribution in [0.2, 0.25) is 0 Å². The van der Waals surface area contributed by atoms with Crippen LogP contribution in [-0.2, 0) is 14.4 Å². The molecule has 39 heavy (non-hydrogen) atoms. The summed E-state index contributed by atoms with van der Waals surface area (Å²) in [4.78, 5) is 66.8. The van der Waals surface area contributed by atoms with Gasteiger partial charge in [0.2, 0.25) is 11.8 Å². The fraction of sp³-hybridized carbons (Fsp3) is 0.621. The predicted molar refractivity (Wildman–Crippen MR) is 144 cm³/mol. The van der Waals surface area contributed by atoms with Gasteiger partial charge in [0, 0.05) is 44.6 Å². The van der Waals surface area contributed by atoms with Crippen LogP contribution in [0.15, 0.2) is 30.3 Å². The molecule has 212 valence electrons. The Morgan fingerprint density at radius 2 is 1.46 bits per heavy atom. The molecular formula is C29H40N4O6. The van der Waals surface area contributed by atoms with Gasteiger partial charge in [-0.2, -0.15) is 0 Å². The third kappa shape index (κ3) is 7.23. The van der Waals surface area contributed by atoms with Gasteiger partial charge in [-0.05, 0) is 51.1 Å². The number of imide groups is 1. The first-order chi connectivity index (χ1) is 18.9. The van der Waals surface area contributed by atoms with E-state index in [1.165, 1.54) is 4.90 Å². The first-order valence-electron chi connectivity index (χ1n) is 14.3. The highest BCUT2D eigenvalue weighted by Crippen LogP contribution is 2.35. The number of carboxylic acids is 1. The molecule has 0 bridgehead atoms. The number of carbonyl (C=O) groups is 5. The number of carboxylic acid groups (broad SMARTS) is 1. The zero-order valence-electron chi connectivity index (χ0n) is 22.6. The monoisotopic (exact) mass is 540 g/mol. The fourth-order valence-electron chi connectivity index (χ4n) is 5.89. The summed E-state index contributed by atoms with van der Waals surface area (Å²) < 4.78 is 0. The maximum atomic E-state index is 13.1. The maximum Gasteiger partial charge on any atom is 0.327 e. The molecule has 4 amide bonds. The lowest BCUT2D eigenvalue weighted by Gasteiger charge is -2.47. The smallest absolute Gasteiger partial charge is 0.327 e. The van der Waals surface area contributed by atoms with Crippen molar-refractivity contribution in [2.45, 2.75) is 63.8 Å². The molecule has 3 fully saturated rings. The van der Waals surface area contributed by atoms with Gasteiger partial charge in [-0.25, -0.2) is 14.5 Å². The van der Waals surface area contributed by atoms with Crippen molar-refractivity contribution in [1.29, 1.82) is 0 Å². The molecule has 1 aromatic rings.